The van der Waals surface area contributed by atoms with Gasteiger partial charge in [0.15, 0.2) is 6.67 Å². The average Bonchev–Trinajstić information content (AvgIpc) is 3.35. The second-order valence-electron chi connectivity index (χ2n) is 6.45. The number of hydrogen-bond acceptors (Lipinski definition) is 8. The highest BCUT2D eigenvalue weighted by Gasteiger charge is 2.15. The molecule has 0 saturated heterocycles. The SMILES string of the molecule is CCCCCCc1ccc(-c2cn(Cn3ccnc3[N+](=O)[O-])nn2)cc1.O=S(=O)=O. The first-order valence-electron chi connectivity index (χ1n) is 9.32. The minimum absolute atomic E-state index is 0.193. The van der Waals surface area contributed by atoms with Gasteiger partial charge in [0.2, 0.25) is 0 Å². The van der Waals surface area contributed by atoms with Crippen LogP contribution in [0.25, 0.3) is 11.3 Å². The van der Waals surface area contributed by atoms with Crippen LogP contribution in [-0.2, 0) is 23.7 Å². The van der Waals surface area contributed by atoms with Gasteiger partial charge in [0, 0.05) is 5.56 Å². The summed E-state index contributed by atoms with van der Waals surface area (Å²) in [6, 6.07) is 8.34. The molecule has 12 heteroatoms. The zero-order valence-corrected chi connectivity index (χ0v) is 17.2. The lowest BCUT2D eigenvalue weighted by Gasteiger charge is -2.02. The molecule has 0 aliphatic carbocycles. The van der Waals surface area contributed by atoms with Gasteiger partial charge in [-0.25, -0.2) is 9.25 Å². The fourth-order valence-electron chi connectivity index (χ4n) is 2.84. The second kappa shape index (κ2) is 11.6. The number of hydrogen-bond donors (Lipinski definition) is 0. The van der Waals surface area contributed by atoms with Gasteiger partial charge < -0.3 is 10.1 Å². The number of nitro groups is 1. The first-order chi connectivity index (χ1) is 14.4. The molecule has 0 aliphatic heterocycles. The Morgan fingerprint density at radius 2 is 1.80 bits per heavy atom. The van der Waals surface area contributed by atoms with Crippen molar-refractivity contribution >= 4 is 16.6 Å². The predicted molar refractivity (Wildman–Crippen MR) is 107 cm³/mol. The molecule has 0 aliphatic rings. The molecule has 0 amide bonds. The van der Waals surface area contributed by atoms with E-state index in [9.17, 15) is 10.1 Å². The van der Waals surface area contributed by atoms with Gasteiger partial charge in [-0.3, -0.25) is 0 Å². The van der Waals surface area contributed by atoms with Crippen LogP contribution in [0.5, 0.6) is 0 Å². The average molecular weight is 434 g/mol. The van der Waals surface area contributed by atoms with Gasteiger partial charge in [-0.2, -0.15) is 0 Å². The molecule has 3 rings (SSSR count). The smallest absolute Gasteiger partial charge is 0.390 e. The van der Waals surface area contributed by atoms with Gasteiger partial charge >= 0.3 is 16.6 Å². The largest absolute Gasteiger partial charge is 0.436 e. The lowest BCUT2D eigenvalue weighted by Crippen LogP contribution is -2.10. The highest BCUT2D eigenvalue weighted by molar-refractivity contribution is 7.59. The van der Waals surface area contributed by atoms with Crippen LogP contribution in [0.15, 0.2) is 42.9 Å². The Labute approximate surface area is 174 Å². The molecule has 160 valence electrons. The van der Waals surface area contributed by atoms with Crippen molar-refractivity contribution in [3.05, 3.63) is 58.5 Å². The summed E-state index contributed by atoms with van der Waals surface area (Å²) in [7, 11) is -3.11. The van der Waals surface area contributed by atoms with Crippen molar-refractivity contribution in [2.75, 3.05) is 0 Å². The van der Waals surface area contributed by atoms with Crippen LogP contribution >= 0.6 is 0 Å². The molecule has 0 saturated carbocycles. The number of imidazole rings is 1. The summed E-state index contributed by atoms with van der Waals surface area (Å²) < 4.78 is 28.3. The number of aryl methyl sites for hydroxylation is 1. The Balaban J connectivity index is 0.000000735. The summed E-state index contributed by atoms with van der Waals surface area (Å²) in [6.07, 6.45) is 10.8. The van der Waals surface area contributed by atoms with Crippen LogP contribution in [0.1, 0.15) is 38.2 Å². The Morgan fingerprint density at radius 1 is 1.10 bits per heavy atom. The Kier molecular flexibility index (Phi) is 8.81. The molecular formula is C18H22N6O5S. The van der Waals surface area contributed by atoms with Crippen LogP contribution in [-0.4, -0.2) is 42.1 Å². The first kappa shape index (κ1) is 22.9. The predicted octanol–water partition coefficient (Wildman–Crippen LogP) is 2.67. The molecule has 0 N–H and O–H groups in total. The van der Waals surface area contributed by atoms with Gasteiger partial charge in [0.25, 0.3) is 0 Å². The van der Waals surface area contributed by atoms with Crippen LogP contribution in [0.4, 0.5) is 5.95 Å². The van der Waals surface area contributed by atoms with E-state index < -0.39 is 15.5 Å². The summed E-state index contributed by atoms with van der Waals surface area (Å²) in [5.41, 5.74) is 3.05. The molecule has 0 unspecified atom stereocenters. The molecule has 1 aromatic carbocycles. The third kappa shape index (κ3) is 7.20. The number of benzene rings is 1. The maximum Gasteiger partial charge on any atom is 0.436 e. The number of unbranched alkanes of at least 4 members (excludes halogenated alkanes) is 3. The highest BCUT2D eigenvalue weighted by atomic mass is 32.2. The van der Waals surface area contributed by atoms with Crippen LogP contribution in [0, 0.1) is 10.1 Å². The van der Waals surface area contributed by atoms with Gasteiger partial charge in [0.05, 0.1) is 6.20 Å². The lowest BCUT2D eigenvalue weighted by molar-refractivity contribution is -0.396. The Bertz CT molecular complexity index is 1050. The van der Waals surface area contributed by atoms with Crippen molar-refractivity contribution in [3.63, 3.8) is 0 Å². The molecule has 2 heterocycles. The monoisotopic (exact) mass is 434 g/mol. The molecular weight excluding hydrogens is 412 g/mol. The zero-order chi connectivity index (χ0) is 21.9. The first-order valence-corrected chi connectivity index (χ1v) is 10.3. The second-order valence-corrected chi connectivity index (χ2v) is 6.86. The molecule has 30 heavy (non-hydrogen) atoms. The summed E-state index contributed by atoms with van der Waals surface area (Å²) in [6.45, 7) is 2.41. The number of rotatable bonds is 9. The van der Waals surface area contributed by atoms with Gasteiger partial charge in [-0.1, -0.05) is 60.6 Å². The van der Waals surface area contributed by atoms with Gasteiger partial charge in [0.1, 0.15) is 18.1 Å². The lowest BCUT2D eigenvalue weighted by atomic mass is 10.0. The highest BCUT2D eigenvalue weighted by Crippen LogP contribution is 2.18. The van der Waals surface area contributed by atoms with E-state index in [1.165, 1.54) is 42.0 Å². The fourth-order valence-corrected chi connectivity index (χ4v) is 2.84. The number of nitrogens with zero attached hydrogens (tertiary/aromatic N) is 6. The quantitative estimate of drug-likeness (QED) is 0.284. The van der Waals surface area contributed by atoms with Crippen LogP contribution in [0.3, 0.4) is 0 Å². The van der Waals surface area contributed by atoms with E-state index in [1.807, 2.05) is 12.1 Å². The molecule has 0 spiro atoms. The Morgan fingerprint density at radius 3 is 2.43 bits per heavy atom. The van der Waals surface area contributed by atoms with Crippen LogP contribution in [0.2, 0.25) is 0 Å². The standard InChI is InChI=1S/C18H22N6O2.O3S/c1-2-3-4-5-6-15-7-9-16(10-8-15)17-13-23(21-20-17)14-22-12-11-19-18(22)24(25)26;1-4(2)3/h7-13H,2-6,14H2,1H3;. The summed E-state index contributed by atoms with van der Waals surface area (Å²) in [5, 5.41) is 19.1. The van der Waals surface area contributed by atoms with E-state index in [0.717, 1.165) is 17.7 Å². The topological polar surface area (TPSA) is 143 Å². The van der Waals surface area contributed by atoms with E-state index in [-0.39, 0.29) is 12.6 Å². The van der Waals surface area contributed by atoms with E-state index >= 15 is 0 Å². The summed E-state index contributed by atoms with van der Waals surface area (Å²) in [4.78, 5) is 14.1. The van der Waals surface area contributed by atoms with Crippen molar-refractivity contribution in [1.29, 1.82) is 0 Å². The molecule has 0 radical (unpaired) electrons. The third-order valence-corrected chi connectivity index (χ3v) is 4.26. The van der Waals surface area contributed by atoms with Crippen molar-refractivity contribution in [3.8, 4) is 11.3 Å². The van der Waals surface area contributed by atoms with Gasteiger partial charge in [-0.05, 0) is 23.3 Å². The fraction of sp³-hybridized carbons (Fsp3) is 0.389. The summed E-state index contributed by atoms with van der Waals surface area (Å²) in [5.74, 6) is -0.213. The Hall–Kier alpha value is -3.41. The van der Waals surface area contributed by atoms with Crippen molar-refractivity contribution in [2.45, 2.75) is 45.7 Å². The van der Waals surface area contributed by atoms with Crippen LogP contribution < -0.4 is 0 Å². The number of aromatic nitrogens is 5. The maximum atomic E-state index is 10.9. The molecule has 0 atom stereocenters. The molecule has 11 nitrogen and oxygen atoms in total. The minimum Gasteiger partial charge on any atom is -0.390 e. The zero-order valence-electron chi connectivity index (χ0n) is 16.4. The minimum atomic E-state index is -3.11. The van der Waals surface area contributed by atoms with Crippen molar-refractivity contribution in [1.82, 2.24) is 24.5 Å². The van der Waals surface area contributed by atoms with Crippen molar-refractivity contribution < 1.29 is 17.6 Å². The molecule has 0 bridgehead atoms. The third-order valence-electron chi connectivity index (χ3n) is 4.26. The molecule has 3 aromatic rings. The van der Waals surface area contributed by atoms with E-state index in [2.05, 4.69) is 34.4 Å². The van der Waals surface area contributed by atoms with E-state index in [0.29, 0.717) is 0 Å². The van der Waals surface area contributed by atoms with Crippen molar-refractivity contribution in [2.24, 2.45) is 0 Å². The molecule has 2 aromatic heterocycles. The van der Waals surface area contributed by atoms with Gasteiger partial charge in [-0.15, -0.1) is 17.7 Å². The van der Waals surface area contributed by atoms with E-state index in [4.69, 9.17) is 12.6 Å². The maximum absolute atomic E-state index is 10.9. The van der Waals surface area contributed by atoms with E-state index in [1.54, 1.807) is 17.1 Å². The molecule has 0 fully saturated rings. The normalized spacial score (nSPS) is 10.3. The summed E-state index contributed by atoms with van der Waals surface area (Å²) >= 11 is 0.